The first-order valence-electron chi connectivity index (χ1n) is 13.2. The number of hydroxylamine groups is 1. The molecule has 0 aromatic carbocycles. The van der Waals surface area contributed by atoms with Crippen molar-refractivity contribution in [3.8, 4) is 0 Å². The number of anilines is 1. The van der Waals surface area contributed by atoms with Crippen LogP contribution in [0.1, 0.15) is 23.0 Å². The van der Waals surface area contributed by atoms with Gasteiger partial charge in [0.05, 0.1) is 29.5 Å². The number of hydrogen-bond donors (Lipinski definition) is 4. The number of imidazole rings is 1. The quantitative estimate of drug-likeness (QED) is 0.179. The number of nitrogens with one attached hydrogen (secondary N) is 4. The van der Waals surface area contributed by atoms with E-state index in [9.17, 15) is 0 Å². The van der Waals surface area contributed by atoms with Gasteiger partial charge in [-0.05, 0) is 69.4 Å². The first-order chi connectivity index (χ1) is 22.4. The standard InChI is InChI=1S/C25H18N18OS/c1-6-19(33-28-8-1)43-21(15-7-9-29-38-31-15)20(16-14-30-39-40-32-16)24(22-26-10-11-27-22,17-4-2-12-44-36-17)25(43,23-34-41-42-35-23)18-5-3-13-45-37-18/h1-14,36-37H,(H,26,27)(H,34,35,41,42). The van der Waals surface area contributed by atoms with Crippen LogP contribution in [0, 0.1) is 0 Å². The Morgan fingerprint density at radius 3 is 2.51 bits per heavy atom. The van der Waals surface area contributed by atoms with Crippen molar-refractivity contribution in [3.05, 3.63) is 120 Å². The minimum Gasteiger partial charge on any atom is -0.390 e. The van der Waals surface area contributed by atoms with Crippen molar-refractivity contribution in [2.75, 3.05) is 4.90 Å². The second-order valence-electron chi connectivity index (χ2n) is 9.45. The molecule has 0 radical (unpaired) electrons. The van der Waals surface area contributed by atoms with Gasteiger partial charge in [-0.25, -0.2) is 10.5 Å². The number of aromatic nitrogens is 15. The molecule has 3 aliphatic heterocycles. The van der Waals surface area contributed by atoms with Gasteiger partial charge in [-0.15, -0.1) is 35.7 Å². The van der Waals surface area contributed by atoms with Crippen molar-refractivity contribution in [1.82, 2.24) is 87.0 Å². The molecule has 5 aromatic heterocycles. The lowest BCUT2D eigenvalue weighted by Crippen LogP contribution is -2.62. The average molecular weight is 619 g/mol. The largest absolute Gasteiger partial charge is 0.390 e. The molecular formula is C25H18N18OS. The van der Waals surface area contributed by atoms with Crippen molar-refractivity contribution in [1.29, 1.82) is 0 Å². The number of tetrazole rings is 1. The number of nitrogens with zero attached hydrogens (tertiary/aromatic N) is 14. The van der Waals surface area contributed by atoms with Gasteiger partial charge in [0.25, 0.3) is 0 Å². The molecule has 3 aliphatic rings. The Kier molecular flexibility index (Phi) is 6.22. The van der Waals surface area contributed by atoms with Crippen molar-refractivity contribution < 1.29 is 4.84 Å². The Bertz CT molecular complexity index is 1960. The van der Waals surface area contributed by atoms with Crippen LogP contribution < -0.4 is 15.1 Å². The van der Waals surface area contributed by atoms with Crippen LogP contribution in [0.3, 0.4) is 0 Å². The molecule has 8 rings (SSSR count). The second-order valence-corrected chi connectivity index (χ2v) is 10.2. The summed E-state index contributed by atoms with van der Waals surface area (Å²) in [5, 5.41) is 55.3. The molecule has 4 N–H and O–H groups in total. The monoisotopic (exact) mass is 618 g/mol. The van der Waals surface area contributed by atoms with Crippen molar-refractivity contribution in [2.24, 2.45) is 0 Å². The third-order valence-electron chi connectivity index (χ3n) is 7.40. The number of aromatic amines is 2. The van der Waals surface area contributed by atoms with Gasteiger partial charge >= 0.3 is 0 Å². The third-order valence-corrected chi connectivity index (χ3v) is 8.03. The van der Waals surface area contributed by atoms with E-state index < -0.39 is 11.0 Å². The molecule has 0 bridgehead atoms. The molecule has 2 unspecified atom stereocenters. The lowest BCUT2D eigenvalue weighted by Gasteiger charge is -2.50. The highest BCUT2D eigenvalue weighted by atomic mass is 32.2. The first kappa shape index (κ1) is 26.2. The van der Waals surface area contributed by atoms with Crippen molar-refractivity contribution in [3.63, 3.8) is 0 Å². The zero-order valence-corrected chi connectivity index (χ0v) is 23.5. The molecule has 5 aromatic rings. The Labute approximate surface area is 256 Å². The van der Waals surface area contributed by atoms with Crippen LogP contribution in [-0.2, 0) is 15.8 Å². The smallest absolute Gasteiger partial charge is 0.208 e. The molecule has 2 atom stereocenters. The normalized spacial score (nSPS) is 22.4. The highest BCUT2D eigenvalue weighted by Gasteiger charge is 2.74. The lowest BCUT2D eigenvalue weighted by molar-refractivity contribution is 0.136. The van der Waals surface area contributed by atoms with E-state index in [1.165, 1.54) is 30.6 Å². The fourth-order valence-corrected chi connectivity index (χ4v) is 6.56. The SMILES string of the molecule is C1=CONC(C2(c3ncc[nH]3)C(c3cnnnn3)=C(c3ccnnn3)N(c3cccnn3)C2(C2=CC=CSN2)c2nn[nH]n2)=C1. The highest BCUT2D eigenvalue weighted by molar-refractivity contribution is 8.00. The van der Waals surface area contributed by atoms with Gasteiger partial charge < -0.3 is 19.4 Å². The Hall–Kier alpha value is -6.44. The molecule has 45 heavy (non-hydrogen) atoms. The zero-order chi connectivity index (χ0) is 30.1. The molecule has 0 spiro atoms. The summed E-state index contributed by atoms with van der Waals surface area (Å²) in [6, 6.07) is 5.28. The summed E-state index contributed by atoms with van der Waals surface area (Å²) in [6.45, 7) is 0. The highest BCUT2D eigenvalue weighted by Crippen LogP contribution is 2.67. The summed E-state index contributed by atoms with van der Waals surface area (Å²) >= 11 is 1.35. The zero-order valence-electron chi connectivity index (χ0n) is 22.7. The number of H-pyrrole nitrogens is 2. The van der Waals surface area contributed by atoms with E-state index >= 15 is 0 Å². The molecule has 0 saturated carbocycles. The number of allylic oxidation sites excluding steroid dienone is 4. The fraction of sp³-hybridized carbons (Fsp3) is 0.0800. The molecular weight excluding hydrogens is 600 g/mol. The maximum absolute atomic E-state index is 5.75. The van der Waals surface area contributed by atoms with Gasteiger partial charge in [0.2, 0.25) is 5.82 Å². The summed E-state index contributed by atoms with van der Waals surface area (Å²) in [6.07, 6.45) is 16.9. The molecule has 19 nitrogen and oxygen atoms in total. The van der Waals surface area contributed by atoms with Crippen LogP contribution in [-0.4, -0.2) is 76.8 Å². The van der Waals surface area contributed by atoms with E-state index in [1.807, 2.05) is 28.5 Å². The predicted molar refractivity (Wildman–Crippen MR) is 154 cm³/mol. The average Bonchev–Trinajstić information content (AvgIpc) is 3.90. The van der Waals surface area contributed by atoms with Gasteiger partial charge in [0.15, 0.2) is 11.4 Å². The van der Waals surface area contributed by atoms with Gasteiger partial charge in [-0.2, -0.15) is 10.3 Å². The number of rotatable bonds is 7. The van der Waals surface area contributed by atoms with Crippen LogP contribution >= 0.6 is 11.9 Å². The maximum Gasteiger partial charge on any atom is 0.208 e. The van der Waals surface area contributed by atoms with Crippen LogP contribution in [0.2, 0.25) is 0 Å². The molecule has 0 aliphatic carbocycles. The minimum absolute atomic E-state index is 0.209. The topological polar surface area (TPSA) is 236 Å². The van der Waals surface area contributed by atoms with E-state index in [0.29, 0.717) is 45.7 Å². The summed E-state index contributed by atoms with van der Waals surface area (Å²) < 4.78 is 3.47. The lowest BCUT2D eigenvalue weighted by atomic mass is 9.60. The third kappa shape index (κ3) is 3.75. The summed E-state index contributed by atoms with van der Waals surface area (Å²) in [5.41, 5.74) is 2.74. The van der Waals surface area contributed by atoms with Crippen LogP contribution in [0.15, 0.2) is 96.6 Å². The summed E-state index contributed by atoms with van der Waals surface area (Å²) in [7, 11) is 0. The van der Waals surface area contributed by atoms with E-state index in [2.05, 4.69) is 82.0 Å². The Morgan fingerprint density at radius 1 is 0.867 bits per heavy atom. The molecule has 0 amide bonds. The van der Waals surface area contributed by atoms with Gasteiger partial charge in [-0.1, -0.05) is 11.3 Å². The number of hydrogen-bond acceptors (Lipinski definition) is 18. The van der Waals surface area contributed by atoms with Crippen LogP contribution in [0.4, 0.5) is 5.82 Å². The molecule has 0 saturated heterocycles. The fourth-order valence-electron chi connectivity index (χ4n) is 5.99. The van der Waals surface area contributed by atoms with Crippen LogP contribution in [0.25, 0.3) is 11.3 Å². The van der Waals surface area contributed by atoms with E-state index in [0.717, 1.165) is 0 Å². The van der Waals surface area contributed by atoms with Gasteiger partial charge in [0.1, 0.15) is 28.9 Å². The van der Waals surface area contributed by atoms with Crippen LogP contribution in [0.5, 0.6) is 0 Å². The van der Waals surface area contributed by atoms with E-state index in [4.69, 9.17) is 9.82 Å². The minimum atomic E-state index is -1.57. The Balaban J connectivity index is 1.67. The molecule has 0 fully saturated rings. The molecule has 20 heteroatoms. The molecule has 220 valence electrons. The van der Waals surface area contributed by atoms with Crippen molar-refractivity contribution in [2.45, 2.75) is 11.0 Å². The Morgan fingerprint density at radius 2 is 1.82 bits per heavy atom. The molecule has 8 heterocycles. The predicted octanol–water partition coefficient (Wildman–Crippen LogP) is 0.281. The van der Waals surface area contributed by atoms with E-state index in [-0.39, 0.29) is 5.82 Å². The second kappa shape index (κ2) is 10.7. The van der Waals surface area contributed by atoms with Crippen molar-refractivity contribution >= 4 is 29.0 Å². The van der Waals surface area contributed by atoms with E-state index in [1.54, 1.807) is 42.9 Å². The van der Waals surface area contributed by atoms with Gasteiger partial charge in [-0.3, -0.25) is 0 Å². The summed E-state index contributed by atoms with van der Waals surface area (Å²) in [5.74, 6) is 1.01. The summed E-state index contributed by atoms with van der Waals surface area (Å²) in [4.78, 5) is 15.9. The maximum atomic E-state index is 5.75. The first-order valence-corrected chi connectivity index (χ1v) is 14.1. The van der Waals surface area contributed by atoms with Gasteiger partial charge in [0, 0.05) is 24.2 Å².